The fourth-order valence-electron chi connectivity index (χ4n) is 3.22. The Morgan fingerprint density at radius 1 is 1.29 bits per heavy atom. The minimum atomic E-state index is 0.286. The van der Waals surface area contributed by atoms with E-state index in [0.717, 1.165) is 25.1 Å². The van der Waals surface area contributed by atoms with E-state index in [2.05, 4.69) is 52.9 Å². The van der Waals surface area contributed by atoms with Crippen LogP contribution in [0.15, 0.2) is 36.5 Å². The van der Waals surface area contributed by atoms with Crippen LogP contribution in [0.4, 0.5) is 0 Å². The molecule has 0 amide bonds. The minimum Gasteiger partial charge on any atom is -0.313 e. The zero-order chi connectivity index (χ0) is 14.7. The normalized spacial score (nSPS) is 17.6. The van der Waals surface area contributed by atoms with Crippen LogP contribution in [0.1, 0.15) is 37.4 Å². The van der Waals surface area contributed by atoms with Gasteiger partial charge in [-0.05, 0) is 31.4 Å². The summed E-state index contributed by atoms with van der Waals surface area (Å²) >= 11 is 0. The molecule has 0 bridgehead atoms. The summed E-state index contributed by atoms with van der Waals surface area (Å²) in [6, 6.07) is 11.4. The van der Waals surface area contributed by atoms with Gasteiger partial charge in [-0.3, -0.25) is 4.68 Å². The van der Waals surface area contributed by atoms with Gasteiger partial charge in [0.05, 0.1) is 5.69 Å². The maximum absolute atomic E-state index is 4.27. The second-order valence-electron chi connectivity index (χ2n) is 6.12. The van der Waals surface area contributed by atoms with Crippen LogP contribution in [0.5, 0.6) is 0 Å². The maximum Gasteiger partial charge on any atom is 0.0842 e. The zero-order valence-corrected chi connectivity index (χ0v) is 12.9. The molecule has 1 aliphatic carbocycles. The molecule has 112 valence electrons. The summed E-state index contributed by atoms with van der Waals surface area (Å²) in [4.78, 5) is 0. The van der Waals surface area contributed by atoms with Crippen molar-refractivity contribution in [2.24, 2.45) is 7.05 Å². The van der Waals surface area contributed by atoms with Crippen molar-refractivity contribution in [3.8, 4) is 0 Å². The highest BCUT2D eigenvalue weighted by atomic mass is 15.4. The molecule has 1 atom stereocenters. The maximum atomic E-state index is 4.27. The molecule has 4 heteroatoms. The lowest BCUT2D eigenvalue weighted by atomic mass is 9.85. The number of aromatic nitrogens is 3. The van der Waals surface area contributed by atoms with Gasteiger partial charge < -0.3 is 5.32 Å². The summed E-state index contributed by atoms with van der Waals surface area (Å²) in [7, 11) is 1.93. The van der Waals surface area contributed by atoms with E-state index in [9.17, 15) is 0 Å². The average molecular weight is 284 g/mol. The molecule has 1 aliphatic rings. The summed E-state index contributed by atoms with van der Waals surface area (Å²) in [5, 5.41) is 12.1. The molecule has 21 heavy (non-hydrogen) atoms. The first-order valence-corrected chi connectivity index (χ1v) is 7.89. The molecular formula is C17H24N4. The molecule has 1 unspecified atom stereocenters. The Kier molecular flexibility index (Phi) is 4.06. The fraction of sp³-hybridized carbons (Fsp3) is 0.529. The summed E-state index contributed by atoms with van der Waals surface area (Å²) in [6.45, 7) is 3.27. The Bertz CT molecular complexity index is 571. The van der Waals surface area contributed by atoms with E-state index in [1.165, 1.54) is 18.4 Å². The second-order valence-corrected chi connectivity index (χ2v) is 6.12. The van der Waals surface area contributed by atoms with Gasteiger partial charge in [0.1, 0.15) is 0 Å². The van der Waals surface area contributed by atoms with Crippen LogP contribution in [0.25, 0.3) is 0 Å². The average Bonchev–Trinajstić information content (AvgIpc) is 3.22. The van der Waals surface area contributed by atoms with Gasteiger partial charge in [0.25, 0.3) is 0 Å². The number of nitrogens with one attached hydrogen (secondary N) is 1. The summed E-state index contributed by atoms with van der Waals surface area (Å²) in [5.74, 6) is 0. The molecule has 0 saturated heterocycles. The summed E-state index contributed by atoms with van der Waals surface area (Å²) < 4.78 is 1.79. The van der Waals surface area contributed by atoms with Crippen LogP contribution in [-0.2, 0) is 18.9 Å². The number of aryl methyl sites for hydroxylation is 1. The number of hydrogen-bond donors (Lipinski definition) is 1. The first kappa shape index (κ1) is 14.3. The Hall–Kier alpha value is -1.68. The van der Waals surface area contributed by atoms with E-state index in [4.69, 9.17) is 0 Å². The van der Waals surface area contributed by atoms with Crippen molar-refractivity contribution in [1.82, 2.24) is 20.3 Å². The highest BCUT2D eigenvalue weighted by Gasteiger charge is 2.50. The summed E-state index contributed by atoms with van der Waals surface area (Å²) in [5.41, 5.74) is 2.82. The van der Waals surface area contributed by atoms with Crippen LogP contribution in [0.3, 0.4) is 0 Å². The van der Waals surface area contributed by atoms with Gasteiger partial charge in [-0.2, -0.15) is 0 Å². The van der Waals surface area contributed by atoms with Gasteiger partial charge in [0.15, 0.2) is 0 Å². The quantitative estimate of drug-likeness (QED) is 0.849. The molecule has 1 heterocycles. The highest BCUT2D eigenvalue weighted by molar-refractivity contribution is 5.34. The predicted molar refractivity (Wildman–Crippen MR) is 84.1 cm³/mol. The fourth-order valence-corrected chi connectivity index (χ4v) is 3.22. The SMILES string of the molecule is CCCNC(Cc1cn(C)nn1)C1(c2ccccc2)CC1. The molecule has 1 aromatic carbocycles. The van der Waals surface area contributed by atoms with E-state index in [-0.39, 0.29) is 5.41 Å². The monoisotopic (exact) mass is 284 g/mol. The van der Waals surface area contributed by atoms with Crippen molar-refractivity contribution >= 4 is 0 Å². The van der Waals surface area contributed by atoms with Crippen molar-refractivity contribution < 1.29 is 0 Å². The third kappa shape index (κ3) is 3.00. The van der Waals surface area contributed by atoms with Crippen LogP contribution in [0, 0.1) is 0 Å². The molecule has 1 aromatic heterocycles. The number of benzene rings is 1. The lowest BCUT2D eigenvalue weighted by molar-refractivity contribution is 0.409. The summed E-state index contributed by atoms with van der Waals surface area (Å²) in [6.07, 6.45) is 6.66. The Balaban J connectivity index is 1.82. The molecule has 2 aromatic rings. The smallest absolute Gasteiger partial charge is 0.0842 e. The highest BCUT2D eigenvalue weighted by Crippen LogP contribution is 2.51. The molecule has 1 fully saturated rings. The lowest BCUT2D eigenvalue weighted by Crippen LogP contribution is -2.42. The molecule has 3 rings (SSSR count). The number of rotatable bonds is 7. The first-order chi connectivity index (χ1) is 10.2. The predicted octanol–water partition coefficient (Wildman–Crippen LogP) is 2.46. The van der Waals surface area contributed by atoms with Crippen molar-refractivity contribution in [3.05, 3.63) is 47.8 Å². The second kappa shape index (κ2) is 5.98. The topological polar surface area (TPSA) is 42.7 Å². The van der Waals surface area contributed by atoms with Gasteiger partial charge in [-0.15, -0.1) is 5.10 Å². The van der Waals surface area contributed by atoms with E-state index in [1.54, 1.807) is 4.68 Å². The zero-order valence-electron chi connectivity index (χ0n) is 12.9. The van der Waals surface area contributed by atoms with E-state index in [1.807, 2.05) is 13.2 Å². The molecule has 1 N–H and O–H groups in total. The first-order valence-electron chi connectivity index (χ1n) is 7.89. The Morgan fingerprint density at radius 2 is 2.05 bits per heavy atom. The van der Waals surface area contributed by atoms with Crippen LogP contribution >= 0.6 is 0 Å². The Morgan fingerprint density at radius 3 is 2.62 bits per heavy atom. The van der Waals surface area contributed by atoms with E-state index >= 15 is 0 Å². The van der Waals surface area contributed by atoms with Gasteiger partial charge in [0.2, 0.25) is 0 Å². The van der Waals surface area contributed by atoms with Crippen molar-refractivity contribution in [1.29, 1.82) is 0 Å². The Labute approximate surface area is 126 Å². The third-order valence-electron chi connectivity index (χ3n) is 4.51. The van der Waals surface area contributed by atoms with Crippen molar-refractivity contribution in [2.45, 2.75) is 44.1 Å². The van der Waals surface area contributed by atoms with Gasteiger partial charge in [0, 0.05) is 31.1 Å². The number of nitrogens with zero attached hydrogens (tertiary/aromatic N) is 3. The largest absolute Gasteiger partial charge is 0.313 e. The van der Waals surface area contributed by atoms with E-state index < -0.39 is 0 Å². The van der Waals surface area contributed by atoms with Gasteiger partial charge >= 0.3 is 0 Å². The molecular weight excluding hydrogens is 260 g/mol. The molecule has 0 radical (unpaired) electrons. The van der Waals surface area contributed by atoms with Gasteiger partial charge in [-0.25, -0.2) is 0 Å². The lowest BCUT2D eigenvalue weighted by Gasteiger charge is -2.28. The number of hydrogen-bond acceptors (Lipinski definition) is 3. The van der Waals surface area contributed by atoms with Crippen LogP contribution in [0.2, 0.25) is 0 Å². The molecule has 0 spiro atoms. The van der Waals surface area contributed by atoms with E-state index in [0.29, 0.717) is 6.04 Å². The molecule has 1 saturated carbocycles. The van der Waals surface area contributed by atoms with Crippen LogP contribution in [-0.4, -0.2) is 27.6 Å². The van der Waals surface area contributed by atoms with Gasteiger partial charge in [-0.1, -0.05) is 42.5 Å². The van der Waals surface area contributed by atoms with Crippen molar-refractivity contribution in [2.75, 3.05) is 6.54 Å². The third-order valence-corrected chi connectivity index (χ3v) is 4.51. The standard InChI is InChI=1S/C17H24N4/c1-3-11-18-16(12-15-13-21(2)20-19-15)17(9-10-17)14-7-5-4-6-8-14/h4-8,13,16,18H,3,9-12H2,1-2H3. The molecule has 0 aliphatic heterocycles. The molecule has 4 nitrogen and oxygen atoms in total. The van der Waals surface area contributed by atoms with Crippen molar-refractivity contribution in [3.63, 3.8) is 0 Å². The minimum absolute atomic E-state index is 0.286. The van der Waals surface area contributed by atoms with Crippen LogP contribution < -0.4 is 5.32 Å².